The summed E-state index contributed by atoms with van der Waals surface area (Å²) < 4.78 is 48.9. The lowest BCUT2D eigenvalue weighted by molar-refractivity contribution is -0.137. The number of hydrogen-bond acceptors (Lipinski definition) is 4. The van der Waals surface area contributed by atoms with E-state index >= 15 is 0 Å². The van der Waals surface area contributed by atoms with Crippen LogP contribution in [0.3, 0.4) is 0 Å². The van der Waals surface area contributed by atoms with Crippen molar-refractivity contribution >= 4 is 16.8 Å². The van der Waals surface area contributed by atoms with E-state index in [-0.39, 0.29) is 11.2 Å². The van der Waals surface area contributed by atoms with Crippen LogP contribution in [0.15, 0.2) is 140 Å². The van der Waals surface area contributed by atoms with Crippen LogP contribution in [0.5, 0.6) is 5.75 Å². The third-order valence-corrected chi connectivity index (χ3v) is 10.1. The second-order valence-electron chi connectivity index (χ2n) is 13.5. The summed E-state index contributed by atoms with van der Waals surface area (Å²) in [6.45, 7) is 4.45. The van der Waals surface area contributed by atoms with Crippen LogP contribution >= 0.6 is 0 Å². The Balaban J connectivity index is 1.35. The molecular formula is C44H30F3N3O. The first-order chi connectivity index (χ1) is 24.6. The molecule has 0 saturated heterocycles. The van der Waals surface area contributed by atoms with E-state index in [4.69, 9.17) is 19.7 Å². The van der Waals surface area contributed by atoms with Crippen molar-refractivity contribution in [1.29, 1.82) is 0 Å². The number of alkyl halides is 3. The van der Waals surface area contributed by atoms with E-state index in [2.05, 4.69) is 44.2 Å². The van der Waals surface area contributed by atoms with Gasteiger partial charge < -0.3 is 4.74 Å². The zero-order valence-corrected chi connectivity index (χ0v) is 27.7. The molecule has 0 fully saturated rings. The molecule has 1 atom stereocenters. The molecule has 4 nitrogen and oxygen atoms in total. The topological polar surface area (TPSA) is 47.9 Å². The molecule has 2 heterocycles. The zero-order valence-electron chi connectivity index (χ0n) is 27.7. The van der Waals surface area contributed by atoms with Crippen LogP contribution in [-0.4, -0.2) is 15.0 Å². The molecule has 7 heteroatoms. The molecule has 248 valence electrons. The molecule has 51 heavy (non-hydrogen) atoms. The highest BCUT2D eigenvalue weighted by molar-refractivity contribution is 6.08. The van der Waals surface area contributed by atoms with Crippen LogP contribution in [-0.2, 0) is 17.2 Å². The first kappa shape index (κ1) is 30.9. The third kappa shape index (κ3) is 4.79. The standard InChI is InChI=1S/C44H30F3N3O/c1-42(2)35-20-12-11-19-33(35)36-31-17-9-10-18-32(31)38-34(37(36)42)25-26-43(51-38,29-21-23-30(24-22-29)44(45,46)47)41-49-39(27-13-5-3-6-14-27)48-40(50-41)28-15-7-4-8-16-28/h3-26H,1-2H3. The Morgan fingerprint density at radius 3 is 1.80 bits per heavy atom. The minimum atomic E-state index is -4.51. The monoisotopic (exact) mass is 673 g/mol. The summed E-state index contributed by atoms with van der Waals surface area (Å²) in [5.74, 6) is 1.72. The molecule has 1 aliphatic carbocycles. The first-order valence-electron chi connectivity index (χ1n) is 16.8. The molecule has 1 aromatic heterocycles. The Morgan fingerprint density at radius 2 is 1.18 bits per heavy atom. The summed E-state index contributed by atoms with van der Waals surface area (Å²) in [6.07, 6.45) is -0.568. The summed E-state index contributed by atoms with van der Waals surface area (Å²) in [7, 11) is 0. The summed E-state index contributed by atoms with van der Waals surface area (Å²) in [6, 6.07) is 40.9. The minimum Gasteiger partial charge on any atom is -0.469 e. The van der Waals surface area contributed by atoms with E-state index in [1.54, 1.807) is 0 Å². The maximum atomic E-state index is 13.9. The molecule has 0 spiro atoms. The average molecular weight is 674 g/mol. The number of nitrogens with zero attached hydrogens (tertiary/aromatic N) is 3. The van der Waals surface area contributed by atoms with Gasteiger partial charge in [0.25, 0.3) is 0 Å². The van der Waals surface area contributed by atoms with E-state index < -0.39 is 17.3 Å². The Kier molecular flexibility index (Phi) is 6.81. The number of benzene rings is 6. The first-order valence-corrected chi connectivity index (χ1v) is 16.8. The average Bonchev–Trinajstić information content (AvgIpc) is 3.41. The van der Waals surface area contributed by atoms with Gasteiger partial charge in [-0.25, -0.2) is 15.0 Å². The number of rotatable bonds is 4. The van der Waals surface area contributed by atoms with E-state index in [0.717, 1.165) is 50.7 Å². The number of hydrogen-bond donors (Lipinski definition) is 0. The van der Waals surface area contributed by atoms with Gasteiger partial charge >= 0.3 is 6.18 Å². The van der Waals surface area contributed by atoms with E-state index in [1.807, 2.05) is 91.0 Å². The van der Waals surface area contributed by atoms with Crippen molar-refractivity contribution in [2.45, 2.75) is 31.0 Å². The minimum absolute atomic E-state index is 0.254. The van der Waals surface area contributed by atoms with Crippen LogP contribution in [0.2, 0.25) is 0 Å². The highest BCUT2D eigenvalue weighted by atomic mass is 19.4. The van der Waals surface area contributed by atoms with Crippen LogP contribution in [0.25, 0.3) is 50.8 Å². The molecule has 0 saturated carbocycles. The maximum absolute atomic E-state index is 13.9. The molecule has 6 aromatic carbocycles. The fourth-order valence-electron chi connectivity index (χ4n) is 7.69. The molecule has 0 bridgehead atoms. The van der Waals surface area contributed by atoms with Crippen molar-refractivity contribution in [3.8, 4) is 39.7 Å². The Hall–Kier alpha value is -6.08. The van der Waals surface area contributed by atoms with Gasteiger partial charge in [-0.15, -0.1) is 0 Å². The molecule has 0 N–H and O–H groups in total. The Morgan fingerprint density at radius 1 is 0.608 bits per heavy atom. The van der Waals surface area contributed by atoms with Gasteiger partial charge in [0.2, 0.25) is 5.60 Å². The highest BCUT2D eigenvalue weighted by Crippen LogP contribution is 2.58. The molecule has 7 aromatic rings. The van der Waals surface area contributed by atoms with E-state index in [0.29, 0.717) is 23.0 Å². The predicted molar refractivity (Wildman–Crippen MR) is 194 cm³/mol. The molecule has 0 amide bonds. The molecule has 0 radical (unpaired) electrons. The molecule has 1 aliphatic heterocycles. The molecular weight excluding hydrogens is 643 g/mol. The number of ether oxygens (including phenoxy) is 1. The molecule has 2 aliphatic rings. The molecule has 9 rings (SSSR count). The zero-order chi connectivity index (χ0) is 35.0. The maximum Gasteiger partial charge on any atom is 0.416 e. The third-order valence-electron chi connectivity index (χ3n) is 10.1. The number of fused-ring (bicyclic) bond motifs is 8. The largest absolute Gasteiger partial charge is 0.469 e. The van der Waals surface area contributed by atoms with Gasteiger partial charge in [-0.2, -0.15) is 13.2 Å². The van der Waals surface area contributed by atoms with E-state index in [1.165, 1.54) is 23.3 Å². The molecule has 1 unspecified atom stereocenters. The van der Waals surface area contributed by atoms with Crippen molar-refractivity contribution in [1.82, 2.24) is 15.0 Å². The fraction of sp³-hybridized carbons (Fsp3) is 0.114. The summed E-state index contributed by atoms with van der Waals surface area (Å²) in [4.78, 5) is 14.9. The lowest BCUT2D eigenvalue weighted by Crippen LogP contribution is -2.37. The van der Waals surface area contributed by atoms with Crippen LogP contribution in [0, 0.1) is 0 Å². The second kappa shape index (κ2) is 11.2. The van der Waals surface area contributed by atoms with Crippen molar-refractivity contribution in [2.24, 2.45) is 0 Å². The summed E-state index contributed by atoms with van der Waals surface area (Å²) in [5, 5.41) is 1.92. The fourth-order valence-corrected chi connectivity index (χ4v) is 7.69. The number of aromatic nitrogens is 3. The van der Waals surface area contributed by atoms with Crippen molar-refractivity contribution in [3.63, 3.8) is 0 Å². The van der Waals surface area contributed by atoms with Crippen LogP contribution < -0.4 is 4.74 Å². The van der Waals surface area contributed by atoms with E-state index in [9.17, 15) is 13.2 Å². The van der Waals surface area contributed by atoms with Crippen LogP contribution in [0.4, 0.5) is 13.2 Å². The quantitative estimate of drug-likeness (QED) is 0.187. The Labute approximate surface area is 293 Å². The van der Waals surface area contributed by atoms with Crippen LogP contribution in [0.1, 0.15) is 47.5 Å². The summed E-state index contributed by atoms with van der Waals surface area (Å²) >= 11 is 0. The van der Waals surface area contributed by atoms with Crippen molar-refractivity contribution < 1.29 is 17.9 Å². The van der Waals surface area contributed by atoms with Gasteiger partial charge in [0.05, 0.1) is 5.56 Å². The smallest absolute Gasteiger partial charge is 0.416 e. The normalized spacial score (nSPS) is 17.0. The van der Waals surface area contributed by atoms with Gasteiger partial charge in [-0.3, -0.25) is 0 Å². The Bertz CT molecular complexity index is 2450. The number of halogens is 3. The second-order valence-corrected chi connectivity index (χ2v) is 13.5. The highest BCUT2D eigenvalue weighted by Gasteiger charge is 2.46. The SMILES string of the molecule is CC1(C)c2ccccc2-c2c1c1c(c3ccccc23)OC(c2ccc(C(F)(F)F)cc2)(c2nc(-c3ccccc3)nc(-c3ccccc3)n2)C=C1. The van der Waals surface area contributed by atoms with Crippen molar-refractivity contribution in [2.75, 3.05) is 0 Å². The predicted octanol–water partition coefficient (Wildman–Crippen LogP) is 11.0. The van der Waals surface area contributed by atoms with Gasteiger partial charge in [0.1, 0.15) is 5.75 Å². The lowest BCUT2D eigenvalue weighted by atomic mass is 9.77. The van der Waals surface area contributed by atoms with Gasteiger partial charge in [0.15, 0.2) is 17.5 Å². The van der Waals surface area contributed by atoms with Crippen molar-refractivity contribution in [3.05, 3.63) is 173 Å². The summed E-state index contributed by atoms with van der Waals surface area (Å²) in [5.41, 5.74) is 5.00. The van der Waals surface area contributed by atoms with Gasteiger partial charge in [-0.05, 0) is 45.8 Å². The van der Waals surface area contributed by atoms with Gasteiger partial charge in [0, 0.05) is 33.1 Å². The lowest BCUT2D eigenvalue weighted by Gasteiger charge is -2.37. The van der Waals surface area contributed by atoms with Gasteiger partial charge in [-0.1, -0.05) is 141 Å².